The molecule has 1 fully saturated rings. The summed E-state index contributed by atoms with van der Waals surface area (Å²) >= 11 is 0. The van der Waals surface area contributed by atoms with E-state index in [-0.39, 0.29) is 12.1 Å². The number of imidazole rings is 1. The molecule has 2 N–H and O–H groups in total. The molecule has 170 valence electrons. The highest BCUT2D eigenvalue weighted by atomic mass is 32.2. The number of rotatable bonds is 6. The summed E-state index contributed by atoms with van der Waals surface area (Å²) in [6.45, 7) is 3.39. The maximum absolute atomic E-state index is 11.9. The molecular weight excluding hydrogens is 453 g/mol. The molecule has 5 rings (SSSR count). The van der Waals surface area contributed by atoms with Crippen molar-refractivity contribution in [1.82, 2.24) is 24.2 Å². The molecule has 1 unspecified atom stereocenters. The number of nitrogens with one attached hydrogen (secondary N) is 2. The number of sulfonamides is 1. The summed E-state index contributed by atoms with van der Waals surface area (Å²) in [5.74, 6) is 0. The van der Waals surface area contributed by atoms with Gasteiger partial charge in [0.1, 0.15) is 5.65 Å². The maximum Gasteiger partial charge on any atom is 0.233 e. The van der Waals surface area contributed by atoms with Crippen LogP contribution in [-0.2, 0) is 10.0 Å². The zero-order chi connectivity index (χ0) is 23.0. The van der Waals surface area contributed by atoms with Gasteiger partial charge in [-0.3, -0.25) is 0 Å². The van der Waals surface area contributed by atoms with E-state index in [1.54, 1.807) is 0 Å². The minimum atomic E-state index is -3.42. The van der Waals surface area contributed by atoms with Crippen molar-refractivity contribution in [2.45, 2.75) is 37.8 Å². The van der Waals surface area contributed by atoms with Gasteiger partial charge in [-0.05, 0) is 43.1 Å². The van der Waals surface area contributed by atoms with E-state index in [9.17, 15) is 8.42 Å². The highest BCUT2D eigenvalue weighted by Gasteiger charge is 2.28. The van der Waals surface area contributed by atoms with Crippen molar-refractivity contribution in [3.63, 3.8) is 0 Å². The van der Waals surface area contributed by atoms with Crippen molar-refractivity contribution >= 4 is 35.6 Å². The number of hydrogen-bond donors (Lipinski definition) is 2. The molecule has 9 heteroatoms. The summed E-state index contributed by atoms with van der Waals surface area (Å²) in [5, 5.41) is 3.15. The molecule has 1 aliphatic rings. The third-order valence-electron chi connectivity index (χ3n) is 6.33. The molecule has 1 atom stereocenters. The molecule has 1 saturated carbocycles. The van der Waals surface area contributed by atoms with Crippen LogP contribution in [0.5, 0.6) is 0 Å². The fraction of sp³-hybridized carbons (Fsp3) is 0.250. The lowest BCUT2D eigenvalue weighted by atomic mass is 9.91. The highest BCUT2D eigenvalue weighted by molar-refractivity contribution is 7.92. The van der Waals surface area contributed by atoms with Crippen LogP contribution in [0.3, 0.4) is 0 Å². The van der Waals surface area contributed by atoms with E-state index < -0.39 is 10.0 Å². The predicted octanol–water partition coefficient (Wildman–Crippen LogP) is 4.14. The van der Waals surface area contributed by atoms with E-state index in [1.165, 1.54) is 0 Å². The van der Waals surface area contributed by atoms with Gasteiger partial charge in [0.15, 0.2) is 0 Å². The number of H-pyrrole nitrogens is 1. The molecule has 3 aromatic heterocycles. The monoisotopic (exact) mass is 479 g/mol. The van der Waals surface area contributed by atoms with E-state index >= 15 is 0 Å². The van der Waals surface area contributed by atoms with Crippen molar-refractivity contribution in [3.8, 4) is 22.5 Å². The molecule has 3 heterocycles. The number of aromatic nitrogens is 4. The minimum absolute atomic E-state index is 0.0670. The maximum atomic E-state index is 11.9. The van der Waals surface area contributed by atoms with E-state index in [0.717, 1.165) is 69.9 Å². The lowest BCUT2D eigenvalue weighted by Gasteiger charge is -2.30. The topological polar surface area (TPSA) is 92.7 Å². The van der Waals surface area contributed by atoms with E-state index in [4.69, 9.17) is 4.98 Å². The fourth-order valence-electron chi connectivity index (χ4n) is 4.68. The van der Waals surface area contributed by atoms with Crippen LogP contribution in [0.1, 0.15) is 31.7 Å². The van der Waals surface area contributed by atoms with Crippen molar-refractivity contribution < 1.29 is 8.42 Å². The average molecular weight is 480 g/mol. The molecule has 0 bridgehead atoms. The quantitative estimate of drug-likeness (QED) is 0.407. The van der Waals surface area contributed by atoms with Crippen LogP contribution in [0, 0.1) is 0 Å². The summed E-state index contributed by atoms with van der Waals surface area (Å²) in [6, 6.07) is 12.6. The molecule has 0 spiro atoms. The number of nitrogens with zero attached hydrogens (tertiary/aromatic N) is 3. The lowest BCUT2D eigenvalue weighted by Crippen LogP contribution is -2.36. The third kappa shape index (κ3) is 4.38. The Bertz CT molecular complexity index is 1400. The number of aromatic amines is 1. The van der Waals surface area contributed by atoms with Gasteiger partial charge in [-0.25, -0.2) is 23.1 Å². The smallest absolute Gasteiger partial charge is 0.233 e. The SMILES string of the molecule is C=CS(=O)(=O)N[C@H]1CC[C@@H](n2cnc(-c3ccc(P)cc3)c2-c2ccnc3[nH]ccc23)CC1. The van der Waals surface area contributed by atoms with Crippen molar-refractivity contribution in [1.29, 1.82) is 0 Å². The standard InChI is InChI=1S/C24H26N5O2PS/c1-2-33(30,31)28-17-5-7-18(8-6-17)29-15-27-22(16-3-9-19(32)10-4-16)23(29)20-11-13-25-24-21(20)12-14-26-24/h2-4,9-15,17-18,28H,1,5-8,32H2,(H,25,26)/t17-,18+. The van der Waals surface area contributed by atoms with Gasteiger partial charge in [-0.15, -0.1) is 9.24 Å². The van der Waals surface area contributed by atoms with Crippen LogP contribution in [0.15, 0.2) is 67.1 Å². The van der Waals surface area contributed by atoms with Crippen molar-refractivity contribution in [2.24, 2.45) is 0 Å². The molecule has 0 amide bonds. The van der Waals surface area contributed by atoms with Gasteiger partial charge in [0.05, 0.1) is 17.7 Å². The van der Waals surface area contributed by atoms with Crippen molar-refractivity contribution in [3.05, 3.63) is 67.1 Å². The van der Waals surface area contributed by atoms with Gasteiger partial charge in [-0.2, -0.15) is 0 Å². The van der Waals surface area contributed by atoms with E-state index in [2.05, 4.69) is 59.3 Å². The molecule has 0 radical (unpaired) electrons. The first-order valence-electron chi connectivity index (χ1n) is 10.9. The Morgan fingerprint density at radius 2 is 1.85 bits per heavy atom. The highest BCUT2D eigenvalue weighted by Crippen LogP contribution is 2.39. The van der Waals surface area contributed by atoms with Gasteiger partial charge in [0.25, 0.3) is 0 Å². The normalized spacial score (nSPS) is 19.1. The molecule has 0 saturated heterocycles. The molecule has 1 aliphatic carbocycles. The fourth-order valence-corrected chi connectivity index (χ4v) is 5.67. The first-order chi connectivity index (χ1) is 15.9. The molecule has 0 aliphatic heterocycles. The summed E-state index contributed by atoms with van der Waals surface area (Å²) in [7, 11) is -0.706. The van der Waals surface area contributed by atoms with Gasteiger partial charge >= 0.3 is 0 Å². The number of hydrogen-bond acceptors (Lipinski definition) is 4. The molecule has 7 nitrogen and oxygen atoms in total. The zero-order valence-electron chi connectivity index (χ0n) is 18.1. The Morgan fingerprint density at radius 1 is 1.09 bits per heavy atom. The second-order valence-corrected chi connectivity index (χ2v) is 10.7. The van der Waals surface area contributed by atoms with Gasteiger partial charge in [0.2, 0.25) is 10.0 Å². The van der Waals surface area contributed by atoms with Gasteiger partial charge in [0, 0.05) is 46.4 Å². The first kappa shape index (κ1) is 22.0. The minimum Gasteiger partial charge on any atom is -0.346 e. The Balaban J connectivity index is 1.54. The summed E-state index contributed by atoms with van der Waals surface area (Å²) in [4.78, 5) is 12.5. The Morgan fingerprint density at radius 3 is 2.58 bits per heavy atom. The third-order valence-corrected chi connectivity index (χ3v) is 7.82. The zero-order valence-corrected chi connectivity index (χ0v) is 20.1. The molecular formula is C24H26N5O2PS. The molecule has 4 aromatic rings. The van der Waals surface area contributed by atoms with Gasteiger partial charge in [-0.1, -0.05) is 30.8 Å². The van der Waals surface area contributed by atoms with E-state index in [0.29, 0.717) is 0 Å². The Hall–Kier alpha value is -2.80. The van der Waals surface area contributed by atoms with Crippen LogP contribution >= 0.6 is 9.24 Å². The number of fused-ring (bicyclic) bond motifs is 1. The van der Waals surface area contributed by atoms with Crippen LogP contribution < -0.4 is 10.0 Å². The molecule has 1 aromatic carbocycles. The molecule has 33 heavy (non-hydrogen) atoms. The second-order valence-electron chi connectivity index (χ2n) is 8.40. The second kappa shape index (κ2) is 8.86. The Kier molecular flexibility index (Phi) is 5.91. The summed E-state index contributed by atoms with van der Waals surface area (Å²) in [6.07, 6.45) is 8.91. The summed E-state index contributed by atoms with van der Waals surface area (Å²) < 4.78 is 28.8. The predicted molar refractivity (Wildman–Crippen MR) is 136 cm³/mol. The Labute approximate surface area is 195 Å². The van der Waals surface area contributed by atoms with Crippen LogP contribution in [0.4, 0.5) is 0 Å². The summed E-state index contributed by atoms with van der Waals surface area (Å²) in [5.41, 5.74) is 4.98. The number of pyridine rings is 1. The largest absolute Gasteiger partial charge is 0.346 e. The number of benzene rings is 1. The van der Waals surface area contributed by atoms with Crippen LogP contribution in [0.2, 0.25) is 0 Å². The van der Waals surface area contributed by atoms with E-state index in [1.807, 2.05) is 30.9 Å². The lowest BCUT2D eigenvalue weighted by molar-refractivity contribution is 0.313. The van der Waals surface area contributed by atoms with Crippen molar-refractivity contribution in [2.75, 3.05) is 0 Å². The van der Waals surface area contributed by atoms with Crippen LogP contribution in [-0.4, -0.2) is 34.0 Å². The van der Waals surface area contributed by atoms with Gasteiger partial charge < -0.3 is 9.55 Å². The average Bonchev–Trinajstić information content (AvgIpc) is 3.47. The first-order valence-corrected chi connectivity index (χ1v) is 13.1. The van der Waals surface area contributed by atoms with Crippen LogP contribution in [0.25, 0.3) is 33.5 Å².